The summed E-state index contributed by atoms with van der Waals surface area (Å²) in [6, 6.07) is 10.7. The van der Waals surface area contributed by atoms with Gasteiger partial charge in [0.05, 0.1) is 12.8 Å². The summed E-state index contributed by atoms with van der Waals surface area (Å²) >= 11 is 7.59. The Kier molecular flexibility index (Phi) is 5.21. The van der Waals surface area contributed by atoms with E-state index < -0.39 is 0 Å². The van der Waals surface area contributed by atoms with Gasteiger partial charge < -0.3 is 15.4 Å². The number of aryl methyl sites for hydroxylation is 1. The Morgan fingerprint density at radius 2 is 2.12 bits per heavy atom. The van der Waals surface area contributed by atoms with E-state index in [1.54, 1.807) is 30.5 Å². The maximum Gasteiger partial charge on any atom is 0.255 e. The predicted octanol–water partition coefficient (Wildman–Crippen LogP) is 5.11. The van der Waals surface area contributed by atoms with Crippen molar-refractivity contribution in [3.63, 3.8) is 0 Å². The number of nitrogens with zero attached hydrogens (tertiary/aromatic N) is 1. The molecule has 0 spiro atoms. The molecule has 0 aliphatic heterocycles. The lowest BCUT2D eigenvalue weighted by Gasteiger charge is -2.13. The van der Waals surface area contributed by atoms with Crippen LogP contribution in [0.25, 0.3) is 0 Å². The van der Waals surface area contributed by atoms with Crippen LogP contribution in [-0.4, -0.2) is 18.0 Å². The Morgan fingerprint density at radius 3 is 2.84 bits per heavy atom. The molecule has 25 heavy (non-hydrogen) atoms. The fourth-order valence-corrected chi connectivity index (χ4v) is 2.97. The van der Waals surface area contributed by atoms with E-state index in [0.717, 1.165) is 16.4 Å². The van der Waals surface area contributed by atoms with Crippen LogP contribution >= 0.6 is 22.9 Å². The number of amides is 1. The van der Waals surface area contributed by atoms with Crippen LogP contribution in [0.4, 0.5) is 16.5 Å². The molecule has 0 saturated heterocycles. The zero-order valence-corrected chi connectivity index (χ0v) is 15.2. The SMILES string of the molecule is COc1cc(Cl)c(C)cc1NC(=O)c1cccc(Nc2nccs2)c1. The van der Waals surface area contributed by atoms with Crippen molar-refractivity contribution in [3.8, 4) is 5.75 Å². The van der Waals surface area contributed by atoms with Crippen LogP contribution in [-0.2, 0) is 0 Å². The molecule has 0 saturated carbocycles. The Balaban J connectivity index is 1.81. The first-order valence-corrected chi connectivity index (χ1v) is 8.74. The molecule has 0 aliphatic carbocycles. The maximum absolute atomic E-state index is 12.6. The molecule has 128 valence electrons. The van der Waals surface area contributed by atoms with E-state index in [-0.39, 0.29) is 5.91 Å². The Morgan fingerprint density at radius 1 is 1.28 bits per heavy atom. The van der Waals surface area contributed by atoms with Crippen molar-refractivity contribution in [1.29, 1.82) is 0 Å². The van der Waals surface area contributed by atoms with Crippen molar-refractivity contribution in [2.75, 3.05) is 17.7 Å². The molecule has 1 heterocycles. The standard InChI is InChI=1S/C18H16ClN3O2S/c1-11-8-15(16(24-2)10-14(11)19)22-17(23)12-4-3-5-13(9-12)21-18-20-6-7-25-18/h3-10H,1-2H3,(H,20,21)(H,22,23). The summed E-state index contributed by atoms with van der Waals surface area (Å²) in [7, 11) is 1.54. The summed E-state index contributed by atoms with van der Waals surface area (Å²) in [5.41, 5.74) is 2.75. The molecule has 0 aliphatic rings. The average molecular weight is 374 g/mol. The molecule has 2 N–H and O–H groups in total. The number of halogens is 1. The molecule has 2 aromatic carbocycles. The van der Waals surface area contributed by atoms with Crippen molar-refractivity contribution in [1.82, 2.24) is 4.98 Å². The van der Waals surface area contributed by atoms with Gasteiger partial charge in [0.1, 0.15) is 5.75 Å². The zero-order valence-electron chi connectivity index (χ0n) is 13.7. The largest absolute Gasteiger partial charge is 0.495 e. The predicted molar refractivity (Wildman–Crippen MR) is 103 cm³/mol. The molecule has 0 radical (unpaired) electrons. The number of hydrogen-bond donors (Lipinski definition) is 2. The maximum atomic E-state index is 12.6. The van der Waals surface area contributed by atoms with Crippen molar-refractivity contribution < 1.29 is 9.53 Å². The van der Waals surface area contributed by atoms with Crippen molar-refractivity contribution >= 4 is 45.4 Å². The first-order valence-electron chi connectivity index (χ1n) is 7.49. The summed E-state index contributed by atoms with van der Waals surface area (Å²) in [5, 5.41) is 9.28. The lowest BCUT2D eigenvalue weighted by molar-refractivity contribution is 0.102. The van der Waals surface area contributed by atoms with E-state index in [1.165, 1.54) is 18.4 Å². The van der Waals surface area contributed by atoms with E-state index in [1.807, 2.05) is 24.4 Å². The third-order valence-corrected chi connectivity index (χ3v) is 4.63. The van der Waals surface area contributed by atoms with Gasteiger partial charge >= 0.3 is 0 Å². The number of methoxy groups -OCH3 is 1. The highest BCUT2D eigenvalue weighted by molar-refractivity contribution is 7.13. The summed E-state index contributed by atoms with van der Waals surface area (Å²) in [5.74, 6) is 0.281. The molecule has 7 heteroatoms. The second-order valence-corrected chi connectivity index (χ2v) is 6.60. The van der Waals surface area contributed by atoms with Gasteiger partial charge in [0.2, 0.25) is 0 Å². The van der Waals surface area contributed by atoms with Gasteiger partial charge in [-0.25, -0.2) is 4.98 Å². The van der Waals surface area contributed by atoms with E-state index in [0.29, 0.717) is 22.0 Å². The molecular weight excluding hydrogens is 358 g/mol. The number of hydrogen-bond acceptors (Lipinski definition) is 5. The summed E-state index contributed by atoms with van der Waals surface area (Å²) in [6.45, 7) is 1.87. The first kappa shape index (κ1) is 17.3. The second-order valence-electron chi connectivity index (χ2n) is 5.30. The van der Waals surface area contributed by atoms with Crippen LogP contribution in [0.3, 0.4) is 0 Å². The van der Waals surface area contributed by atoms with Gasteiger partial charge in [-0.05, 0) is 36.8 Å². The smallest absolute Gasteiger partial charge is 0.255 e. The van der Waals surface area contributed by atoms with Gasteiger partial charge in [0.25, 0.3) is 5.91 Å². The van der Waals surface area contributed by atoms with Crippen LogP contribution in [0, 0.1) is 6.92 Å². The van der Waals surface area contributed by atoms with Gasteiger partial charge in [-0.1, -0.05) is 17.7 Å². The summed E-state index contributed by atoms with van der Waals surface area (Å²) < 4.78 is 5.29. The van der Waals surface area contributed by atoms with Crippen LogP contribution in [0.5, 0.6) is 5.75 Å². The third-order valence-electron chi connectivity index (χ3n) is 3.54. The Labute approximate surface area is 154 Å². The molecule has 1 aromatic heterocycles. The number of nitrogens with one attached hydrogen (secondary N) is 2. The Hall–Kier alpha value is -2.57. The van der Waals surface area contributed by atoms with Crippen LogP contribution < -0.4 is 15.4 Å². The monoisotopic (exact) mass is 373 g/mol. The Bertz CT molecular complexity index is 897. The number of thiazole rings is 1. The molecule has 3 rings (SSSR count). The van der Waals surface area contributed by atoms with Crippen molar-refractivity contribution in [3.05, 3.63) is 64.1 Å². The molecule has 0 bridgehead atoms. The molecule has 0 atom stereocenters. The minimum absolute atomic E-state index is 0.234. The molecule has 3 aromatic rings. The number of anilines is 3. The van der Waals surface area contributed by atoms with Gasteiger partial charge in [0.15, 0.2) is 5.13 Å². The highest BCUT2D eigenvalue weighted by atomic mass is 35.5. The summed E-state index contributed by atoms with van der Waals surface area (Å²) in [4.78, 5) is 16.8. The minimum Gasteiger partial charge on any atom is -0.495 e. The topological polar surface area (TPSA) is 63.2 Å². The average Bonchev–Trinajstić information content (AvgIpc) is 3.11. The minimum atomic E-state index is -0.234. The molecule has 5 nitrogen and oxygen atoms in total. The normalized spacial score (nSPS) is 10.4. The van der Waals surface area contributed by atoms with Crippen LogP contribution in [0.2, 0.25) is 5.02 Å². The van der Waals surface area contributed by atoms with Crippen molar-refractivity contribution in [2.24, 2.45) is 0 Å². The fourth-order valence-electron chi connectivity index (χ4n) is 2.27. The number of carbonyl (C=O) groups is 1. The van der Waals surface area contributed by atoms with E-state index in [4.69, 9.17) is 16.3 Å². The van der Waals surface area contributed by atoms with Gasteiger partial charge in [-0.3, -0.25) is 4.79 Å². The molecule has 0 unspecified atom stereocenters. The van der Waals surface area contributed by atoms with E-state index >= 15 is 0 Å². The number of benzene rings is 2. The zero-order chi connectivity index (χ0) is 17.8. The second kappa shape index (κ2) is 7.55. The highest BCUT2D eigenvalue weighted by Crippen LogP contribution is 2.31. The first-order chi connectivity index (χ1) is 12.1. The summed E-state index contributed by atoms with van der Waals surface area (Å²) in [6.07, 6.45) is 1.72. The van der Waals surface area contributed by atoms with E-state index in [2.05, 4.69) is 15.6 Å². The highest BCUT2D eigenvalue weighted by Gasteiger charge is 2.12. The lowest BCUT2D eigenvalue weighted by Crippen LogP contribution is -2.13. The number of aromatic nitrogens is 1. The molecular formula is C18H16ClN3O2S. The van der Waals surface area contributed by atoms with Crippen LogP contribution in [0.15, 0.2) is 48.0 Å². The number of ether oxygens (including phenoxy) is 1. The van der Waals surface area contributed by atoms with Gasteiger partial charge in [-0.15, -0.1) is 11.3 Å². The molecule has 0 fully saturated rings. The molecule has 1 amide bonds. The van der Waals surface area contributed by atoms with Gasteiger partial charge in [0, 0.05) is 33.9 Å². The fraction of sp³-hybridized carbons (Fsp3) is 0.111. The van der Waals surface area contributed by atoms with Gasteiger partial charge in [-0.2, -0.15) is 0 Å². The van der Waals surface area contributed by atoms with E-state index in [9.17, 15) is 4.79 Å². The quantitative estimate of drug-likeness (QED) is 0.652. The lowest BCUT2D eigenvalue weighted by atomic mass is 10.1. The number of rotatable bonds is 5. The third kappa shape index (κ3) is 4.10. The van der Waals surface area contributed by atoms with Crippen molar-refractivity contribution in [2.45, 2.75) is 6.92 Å². The number of carbonyl (C=O) groups excluding carboxylic acids is 1. The van der Waals surface area contributed by atoms with Crippen LogP contribution in [0.1, 0.15) is 15.9 Å².